The molecule has 182 valence electrons. The van der Waals surface area contributed by atoms with Crippen molar-refractivity contribution < 1.29 is 35.8 Å². The van der Waals surface area contributed by atoms with Gasteiger partial charge in [0.15, 0.2) is 5.75 Å². The van der Waals surface area contributed by atoms with E-state index in [9.17, 15) is 26.3 Å². The first-order valence-corrected chi connectivity index (χ1v) is 10.6. The van der Waals surface area contributed by atoms with Gasteiger partial charge in [-0.1, -0.05) is 46.4 Å². The van der Waals surface area contributed by atoms with Crippen LogP contribution in [0, 0.1) is 0 Å². The minimum Gasteiger partial charge on any atom is -0.490 e. The maximum atomic E-state index is 12.9. The van der Waals surface area contributed by atoms with Gasteiger partial charge in [0, 0.05) is 24.4 Å². The Kier molecular flexibility index (Phi) is 9.72. The van der Waals surface area contributed by atoms with E-state index >= 15 is 0 Å². The average molecular weight is 557 g/mol. The fourth-order valence-electron chi connectivity index (χ4n) is 2.49. The summed E-state index contributed by atoms with van der Waals surface area (Å²) in [7, 11) is 0. The first kappa shape index (κ1) is 27.6. The zero-order chi connectivity index (χ0) is 24.8. The zero-order valence-electron chi connectivity index (χ0n) is 16.4. The molecule has 0 aliphatic rings. The lowest BCUT2D eigenvalue weighted by atomic mass is 10.1. The predicted octanol–water partition coefficient (Wildman–Crippen LogP) is 8.61. The van der Waals surface area contributed by atoms with Gasteiger partial charge in [-0.05, 0) is 30.7 Å². The number of halogens is 10. The molecular formula is C20H15Cl4F6NO2. The average Bonchev–Trinajstić information content (AvgIpc) is 2.67. The molecule has 0 amide bonds. The summed E-state index contributed by atoms with van der Waals surface area (Å²) in [5.74, 6) is 0.477. The van der Waals surface area contributed by atoms with Crippen LogP contribution in [0.5, 0.6) is 11.5 Å². The number of hydrogen-bond acceptors (Lipinski definition) is 3. The molecule has 33 heavy (non-hydrogen) atoms. The Morgan fingerprint density at radius 2 is 1.39 bits per heavy atom. The molecule has 1 N–H and O–H groups in total. The molecule has 0 heterocycles. The lowest BCUT2D eigenvalue weighted by Gasteiger charge is -2.15. The fourth-order valence-corrected chi connectivity index (χ4v) is 3.20. The van der Waals surface area contributed by atoms with E-state index < -0.39 is 23.5 Å². The van der Waals surface area contributed by atoms with Gasteiger partial charge in [-0.3, -0.25) is 0 Å². The minimum absolute atomic E-state index is 0.0283. The van der Waals surface area contributed by atoms with Gasteiger partial charge in [0.05, 0.1) is 27.8 Å². The SMILES string of the molecule is FC(F)(F)c1cc(NCCCOc2c(Cl)cc(OCC=C(Cl)Cl)cc2Cl)cc(C(F)(F)F)c1. The van der Waals surface area contributed by atoms with E-state index in [0.29, 0.717) is 17.9 Å². The van der Waals surface area contributed by atoms with Gasteiger partial charge in [-0.25, -0.2) is 0 Å². The van der Waals surface area contributed by atoms with Crippen molar-refractivity contribution in [3.05, 3.63) is 62.1 Å². The fraction of sp³-hybridized carbons (Fsp3) is 0.300. The van der Waals surface area contributed by atoms with Crippen molar-refractivity contribution >= 4 is 52.1 Å². The topological polar surface area (TPSA) is 30.5 Å². The van der Waals surface area contributed by atoms with Crippen LogP contribution in [0.1, 0.15) is 17.5 Å². The highest BCUT2D eigenvalue weighted by Crippen LogP contribution is 2.38. The van der Waals surface area contributed by atoms with Gasteiger partial charge in [0.2, 0.25) is 0 Å². The summed E-state index contributed by atoms with van der Waals surface area (Å²) in [6.45, 7) is 0.134. The Balaban J connectivity index is 1.95. The second kappa shape index (κ2) is 11.6. The van der Waals surface area contributed by atoms with Crippen LogP contribution < -0.4 is 14.8 Å². The largest absolute Gasteiger partial charge is 0.490 e. The van der Waals surface area contributed by atoms with Crippen molar-refractivity contribution in [3.63, 3.8) is 0 Å². The molecule has 0 aliphatic carbocycles. The van der Waals surface area contributed by atoms with Crippen LogP contribution in [-0.2, 0) is 12.4 Å². The first-order valence-electron chi connectivity index (χ1n) is 9.06. The zero-order valence-corrected chi connectivity index (χ0v) is 19.4. The third kappa shape index (κ3) is 8.88. The Labute approximate surface area is 205 Å². The molecule has 0 aromatic heterocycles. The van der Waals surface area contributed by atoms with Crippen molar-refractivity contribution in [2.45, 2.75) is 18.8 Å². The molecule has 0 bridgehead atoms. The third-order valence-corrected chi connectivity index (χ3v) is 4.81. The molecule has 0 radical (unpaired) electrons. The molecule has 3 nitrogen and oxygen atoms in total. The molecule has 2 aromatic rings. The van der Waals surface area contributed by atoms with E-state index in [-0.39, 0.29) is 58.2 Å². The molecular weight excluding hydrogens is 542 g/mol. The van der Waals surface area contributed by atoms with Gasteiger partial charge in [-0.15, -0.1) is 0 Å². The minimum atomic E-state index is -4.92. The summed E-state index contributed by atoms with van der Waals surface area (Å²) in [4.78, 5) is 0. The van der Waals surface area contributed by atoms with E-state index in [1.165, 1.54) is 18.2 Å². The van der Waals surface area contributed by atoms with Crippen molar-refractivity contribution in [1.29, 1.82) is 0 Å². The van der Waals surface area contributed by atoms with Crippen molar-refractivity contribution in [1.82, 2.24) is 0 Å². The standard InChI is InChI=1S/C20H15Cl4F6NO2/c21-15-9-14(32-5-2-17(23)24)10-16(22)18(15)33-4-1-3-31-13-7-11(19(25,26)27)6-12(8-13)20(28,29)30/h2,6-10,31H,1,3-5H2. The van der Waals surface area contributed by atoms with E-state index in [1.54, 1.807) is 0 Å². The number of alkyl halides is 6. The van der Waals surface area contributed by atoms with Crippen LogP contribution in [0.2, 0.25) is 10.0 Å². The highest BCUT2D eigenvalue weighted by atomic mass is 35.5. The Hall–Kier alpha value is -1.68. The lowest BCUT2D eigenvalue weighted by molar-refractivity contribution is -0.143. The summed E-state index contributed by atoms with van der Waals surface area (Å²) >= 11 is 23.2. The van der Waals surface area contributed by atoms with Gasteiger partial charge < -0.3 is 14.8 Å². The monoisotopic (exact) mass is 555 g/mol. The smallest absolute Gasteiger partial charge is 0.416 e. The highest BCUT2D eigenvalue weighted by molar-refractivity contribution is 6.55. The summed E-state index contributed by atoms with van der Waals surface area (Å²) in [6, 6.07) is 4.16. The van der Waals surface area contributed by atoms with E-state index in [1.807, 2.05) is 0 Å². The molecule has 2 aromatic carbocycles. The van der Waals surface area contributed by atoms with Crippen LogP contribution >= 0.6 is 46.4 Å². The van der Waals surface area contributed by atoms with Gasteiger partial charge in [0.25, 0.3) is 0 Å². The van der Waals surface area contributed by atoms with E-state index in [4.69, 9.17) is 55.9 Å². The molecule has 0 aliphatic heterocycles. The summed E-state index contributed by atoms with van der Waals surface area (Å²) < 4.78 is 88.3. The van der Waals surface area contributed by atoms with Gasteiger partial charge >= 0.3 is 12.4 Å². The number of benzene rings is 2. The maximum absolute atomic E-state index is 12.9. The molecule has 13 heteroatoms. The second-order valence-electron chi connectivity index (χ2n) is 6.44. The van der Waals surface area contributed by atoms with Crippen molar-refractivity contribution in [2.24, 2.45) is 0 Å². The van der Waals surface area contributed by atoms with Crippen LogP contribution in [0.15, 0.2) is 40.9 Å². The van der Waals surface area contributed by atoms with E-state index in [0.717, 1.165) is 0 Å². The number of rotatable bonds is 9. The molecule has 0 fully saturated rings. The normalized spacial score (nSPS) is 11.8. The highest BCUT2D eigenvalue weighted by Gasteiger charge is 2.36. The molecule has 0 unspecified atom stereocenters. The Morgan fingerprint density at radius 3 is 1.88 bits per heavy atom. The molecule has 0 spiro atoms. The third-order valence-electron chi connectivity index (χ3n) is 3.94. The number of nitrogens with one attached hydrogen (secondary N) is 1. The number of hydrogen-bond donors (Lipinski definition) is 1. The molecule has 0 saturated heterocycles. The predicted molar refractivity (Wildman–Crippen MR) is 117 cm³/mol. The van der Waals surface area contributed by atoms with Crippen LogP contribution in [-0.4, -0.2) is 19.8 Å². The van der Waals surface area contributed by atoms with Crippen LogP contribution in [0.4, 0.5) is 32.0 Å². The van der Waals surface area contributed by atoms with Gasteiger partial charge in [0.1, 0.15) is 16.8 Å². The maximum Gasteiger partial charge on any atom is 0.416 e. The van der Waals surface area contributed by atoms with Crippen molar-refractivity contribution in [3.8, 4) is 11.5 Å². The Morgan fingerprint density at radius 1 is 0.848 bits per heavy atom. The molecule has 0 atom stereocenters. The van der Waals surface area contributed by atoms with Crippen molar-refractivity contribution in [2.75, 3.05) is 25.1 Å². The Bertz CT molecular complexity index is 936. The first-order chi connectivity index (χ1) is 15.3. The summed E-state index contributed by atoms with van der Waals surface area (Å²) in [5, 5.41) is 2.81. The molecule has 2 rings (SSSR count). The quantitative estimate of drug-likeness (QED) is 0.248. The lowest BCUT2D eigenvalue weighted by Crippen LogP contribution is -2.13. The number of ether oxygens (including phenoxy) is 2. The van der Waals surface area contributed by atoms with Crippen LogP contribution in [0.25, 0.3) is 0 Å². The number of anilines is 1. The summed E-state index contributed by atoms with van der Waals surface area (Å²) in [6.07, 6.45) is -8.21. The van der Waals surface area contributed by atoms with E-state index in [2.05, 4.69) is 5.32 Å². The second-order valence-corrected chi connectivity index (χ2v) is 8.27. The van der Waals surface area contributed by atoms with Gasteiger partial charge in [-0.2, -0.15) is 26.3 Å². The summed E-state index contributed by atoms with van der Waals surface area (Å²) in [5.41, 5.74) is -3.12. The molecule has 0 saturated carbocycles. The van der Waals surface area contributed by atoms with Crippen LogP contribution in [0.3, 0.4) is 0 Å².